The standard InChI is InChI=1S/C20H21NO2S/c1-3-12-4-7-15(20-21-11(2)10-24-20)9-16(12)17-18(22)13-5-6-14(8-13)19(17)23/h4,7,9-10,13-14,17H,3,5-6,8H2,1-2H3. The summed E-state index contributed by atoms with van der Waals surface area (Å²) in [6.45, 7) is 4.06. The van der Waals surface area contributed by atoms with Gasteiger partial charge in [-0.25, -0.2) is 4.98 Å². The summed E-state index contributed by atoms with van der Waals surface area (Å²) in [5, 5.41) is 2.98. The van der Waals surface area contributed by atoms with Crippen LogP contribution >= 0.6 is 11.3 Å². The maximum absolute atomic E-state index is 12.9. The van der Waals surface area contributed by atoms with Crippen LogP contribution in [0.25, 0.3) is 10.6 Å². The smallest absolute Gasteiger partial charge is 0.150 e. The predicted molar refractivity (Wildman–Crippen MR) is 95.3 cm³/mol. The lowest BCUT2D eigenvalue weighted by Crippen LogP contribution is -2.35. The lowest BCUT2D eigenvalue weighted by molar-refractivity contribution is -0.135. The Bertz CT molecular complexity index is 801. The summed E-state index contributed by atoms with van der Waals surface area (Å²) in [4.78, 5) is 30.3. The molecule has 124 valence electrons. The van der Waals surface area contributed by atoms with Crippen LogP contribution in [0.4, 0.5) is 0 Å². The fourth-order valence-electron chi connectivity index (χ4n) is 4.22. The molecule has 3 nitrogen and oxygen atoms in total. The Hall–Kier alpha value is -1.81. The third-order valence-electron chi connectivity index (χ3n) is 5.51. The number of aromatic nitrogens is 1. The summed E-state index contributed by atoms with van der Waals surface area (Å²) in [6.07, 6.45) is 3.39. The van der Waals surface area contributed by atoms with Crippen molar-refractivity contribution in [2.75, 3.05) is 0 Å². The number of benzene rings is 1. The highest BCUT2D eigenvalue weighted by molar-refractivity contribution is 7.13. The second kappa shape index (κ2) is 5.92. The lowest BCUT2D eigenvalue weighted by atomic mass is 9.74. The molecule has 0 amide bonds. The number of hydrogen-bond acceptors (Lipinski definition) is 4. The Morgan fingerprint density at radius 2 is 1.88 bits per heavy atom. The van der Waals surface area contributed by atoms with Crippen molar-refractivity contribution in [3.05, 3.63) is 40.4 Å². The molecule has 1 aromatic carbocycles. The minimum atomic E-state index is -0.549. The number of hydrogen-bond donors (Lipinski definition) is 0. The van der Waals surface area contributed by atoms with Gasteiger partial charge in [0.2, 0.25) is 0 Å². The zero-order valence-electron chi connectivity index (χ0n) is 14.0. The van der Waals surface area contributed by atoms with Crippen molar-refractivity contribution >= 4 is 22.9 Å². The number of carbonyl (C=O) groups excluding carboxylic acids is 2. The summed E-state index contributed by atoms with van der Waals surface area (Å²) in [6, 6.07) is 6.17. The minimum Gasteiger partial charge on any atom is -0.298 e. The van der Waals surface area contributed by atoms with E-state index in [0.717, 1.165) is 53.1 Å². The van der Waals surface area contributed by atoms with E-state index in [2.05, 4.69) is 24.0 Å². The topological polar surface area (TPSA) is 47.0 Å². The average molecular weight is 339 g/mol. The summed E-state index contributed by atoms with van der Waals surface area (Å²) in [5.41, 5.74) is 4.05. The van der Waals surface area contributed by atoms with E-state index < -0.39 is 5.92 Å². The quantitative estimate of drug-likeness (QED) is 0.782. The Morgan fingerprint density at radius 1 is 1.17 bits per heavy atom. The van der Waals surface area contributed by atoms with Gasteiger partial charge >= 0.3 is 0 Å². The normalized spacial score (nSPS) is 26.2. The number of fused-ring (bicyclic) bond motifs is 2. The van der Waals surface area contributed by atoms with Gasteiger partial charge in [0.05, 0.1) is 0 Å². The molecular weight excluding hydrogens is 318 g/mol. The zero-order valence-corrected chi connectivity index (χ0v) is 14.9. The van der Waals surface area contributed by atoms with Crippen LogP contribution in [0, 0.1) is 18.8 Å². The van der Waals surface area contributed by atoms with E-state index in [0.29, 0.717) is 0 Å². The number of carbonyl (C=O) groups is 2. The highest BCUT2D eigenvalue weighted by Gasteiger charge is 2.47. The summed E-state index contributed by atoms with van der Waals surface area (Å²) in [7, 11) is 0. The van der Waals surface area contributed by atoms with E-state index in [1.165, 1.54) is 0 Å². The number of nitrogens with zero attached hydrogens (tertiary/aromatic N) is 1. The van der Waals surface area contributed by atoms with Crippen molar-refractivity contribution in [1.29, 1.82) is 0 Å². The molecule has 4 rings (SSSR count). The largest absolute Gasteiger partial charge is 0.298 e. The van der Waals surface area contributed by atoms with Crippen LogP contribution in [-0.4, -0.2) is 16.6 Å². The van der Waals surface area contributed by atoms with Crippen molar-refractivity contribution in [2.45, 2.75) is 45.4 Å². The van der Waals surface area contributed by atoms with E-state index in [4.69, 9.17) is 0 Å². The lowest BCUT2D eigenvalue weighted by Gasteiger charge is -2.27. The first kappa shape index (κ1) is 15.7. The van der Waals surface area contributed by atoms with Crippen LogP contribution in [0.2, 0.25) is 0 Å². The number of thiazole rings is 1. The Kier molecular flexibility index (Phi) is 3.87. The highest BCUT2D eigenvalue weighted by atomic mass is 32.1. The fourth-order valence-corrected chi connectivity index (χ4v) is 5.02. The first-order chi connectivity index (χ1) is 11.6. The molecule has 2 aliphatic carbocycles. The molecule has 1 heterocycles. The van der Waals surface area contributed by atoms with Gasteiger partial charge in [-0.05, 0) is 49.8 Å². The van der Waals surface area contributed by atoms with Crippen LogP contribution < -0.4 is 0 Å². The maximum Gasteiger partial charge on any atom is 0.150 e. The molecule has 0 radical (unpaired) electrons. The van der Waals surface area contributed by atoms with Crippen molar-refractivity contribution in [1.82, 2.24) is 4.98 Å². The van der Waals surface area contributed by atoms with Gasteiger partial charge in [0.25, 0.3) is 0 Å². The van der Waals surface area contributed by atoms with Gasteiger partial charge in [0.15, 0.2) is 11.6 Å². The number of rotatable bonds is 3. The molecule has 2 bridgehead atoms. The van der Waals surface area contributed by atoms with Crippen molar-refractivity contribution in [2.24, 2.45) is 11.8 Å². The first-order valence-corrected chi connectivity index (χ1v) is 9.59. The molecule has 2 fully saturated rings. The predicted octanol–water partition coefficient (Wildman–Crippen LogP) is 4.33. The van der Waals surface area contributed by atoms with E-state index in [-0.39, 0.29) is 23.4 Å². The first-order valence-electron chi connectivity index (χ1n) is 8.71. The molecule has 0 spiro atoms. The Morgan fingerprint density at radius 3 is 2.46 bits per heavy atom. The molecule has 0 aliphatic heterocycles. The monoisotopic (exact) mass is 339 g/mol. The SMILES string of the molecule is CCc1ccc(-c2nc(C)cs2)cc1C1C(=O)C2CCC(C2)C1=O. The molecule has 0 N–H and O–H groups in total. The Balaban J connectivity index is 1.81. The van der Waals surface area contributed by atoms with E-state index in [1.807, 2.05) is 18.4 Å². The van der Waals surface area contributed by atoms with Crippen LogP contribution in [0.5, 0.6) is 0 Å². The van der Waals surface area contributed by atoms with Crippen molar-refractivity contribution in [3.63, 3.8) is 0 Å². The molecule has 2 aromatic rings. The number of ketones is 2. The van der Waals surface area contributed by atoms with Gasteiger partial charge in [0.1, 0.15) is 10.9 Å². The second-order valence-corrected chi connectivity index (χ2v) is 7.86. The number of aryl methyl sites for hydroxylation is 2. The van der Waals surface area contributed by atoms with Gasteiger partial charge in [-0.2, -0.15) is 0 Å². The summed E-state index contributed by atoms with van der Waals surface area (Å²) >= 11 is 1.61. The molecule has 24 heavy (non-hydrogen) atoms. The zero-order chi connectivity index (χ0) is 16.8. The van der Waals surface area contributed by atoms with E-state index in [1.54, 1.807) is 11.3 Å². The molecule has 4 heteroatoms. The van der Waals surface area contributed by atoms with Crippen LogP contribution in [0.15, 0.2) is 23.6 Å². The highest BCUT2D eigenvalue weighted by Crippen LogP contribution is 2.45. The van der Waals surface area contributed by atoms with Crippen LogP contribution in [0.3, 0.4) is 0 Å². The third kappa shape index (κ3) is 2.44. The van der Waals surface area contributed by atoms with Gasteiger partial charge in [-0.15, -0.1) is 11.3 Å². The van der Waals surface area contributed by atoms with Gasteiger partial charge in [-0.1, -0.05) is 19.1 Å². The van der Waals surface area contributed by atoms with E-state index in [9.17, 15) is 9.59 Å². The fraction of sp³-hybridized carbons (Fsp3) is 0.450. The van der Waals surface area contributed by atoms with Gasteiger partial charge in [-0.3, -0.25) is 9.59 Å². The van der Waals surface area contributed by atoms with Gasteiger partial charge in [0, 0.05) is 28.5 Å². The number of Topliss-reactive ketones (excluding diaryl/α,β-unsaturated/α-hetero) is 2. The molecule has 2 aliphatic rings. The van der Waals surface area contributed by atoms with Gasteiger partial charge < -0.3 is 0 Å². The minimum absolute atomic E-state index is 0.0909. The maximum atomic E-state index is 12.9. The van der Waals surface area contributed by atoms with Crippen molar-refractivity contribution < 1.29 is 9.59 Å². The molecule has 1 aromatic heterocycles. The molecule has 0 saturated heterocycles. The molecular formula is C20H21NO2S. The van der Waals surface area contributed by atoms with Crippen LogP contribution in [-0.2, 0) is 16.0 Å². The third-order valence-corrected chi connectivity index (χ3v) is 6.52. The average Bonchev–Trinajstić information content (AvgIpc) is 3.21. The van der Waals surface area contributed by atoms with Crippen molar-refractivity contribution in [3.8, 4) is 10.6 Å². The van der Waals surface area contributed by atoms with E-state index >= 15 is 0 Å². The van der Waals surface area contributed by atoms with Crippen LogP contribution in [0.1, 0.15) is 48.9 Å². The second-order valence-electron chi connectivity index (χ2n) is 7.01. The summed E-state index contributed by atoms with van der Waals surface area (Å²) in [5.74, 6) is -0.0691. The molecule has 2 saturated carbocycles. The molecule has 2 unspecified atom stereocenters. The molecule has 2 atom stereocenters. The Labute approximate surface area is 146 Å². The summed E-state index contributed by atoms with van der Waals surface area (Å²) < 4.78 is 0.